The second-order valence-corrected chi connectivity index (χ2v) is 4.77. The third-order valence-electron chi connectivity index (χ3n) is 3.57. The molecule has 0 fully saturated rings. The molecule has 1 amide bonds. The average Bonchev–Trinajstić information content (AvgIpc) is 2.80. The lowest BCUT2D eigenvalue weighted by atomic mass is 9.87. The molecular weight excluding hydrogens is 261 g/mol. The molecule has 0 bridgehead atoms. The fourth-order valence-corrected chi connectivity index (χ4v) is 2.53. The number of halogens is 1. The summed E-state index contributed by atoms with van der Waals surface area (Å²) in [5.74, 6) is 0.243. The third kappa shape index (κ3) is 1.93. The number of anilines is 1. The van der Waals surface area contributed by atoms with Crippen molar-refractivity contribution in [2.75, 3.05) is 12.4 Å². The second-order valence-electron chi connectivity index (χ2n) is 4.77. The highest BCUT2D eigenvalue weighted by Crippen LogP contribution is 2.38. The first-order valence-corrected chi connectivity index (χ1v) is 6.25. The summed E-state index contributed by atoms with van der Waals surface area (Å²) in [4.78, 5) is 11.8. The van der Waals surface area contributed by atoms with Gasteiger partial charge < -0.3 is 10.1 Å². The number of ether oxygens (including phenoxy) is 1. The Morgan fingerprint density at radius 3 is 3.05 bits per heavy atom. The van der Waals surface area contributed by atoms with Crippen molar-refractivity contribution < 1.29 is 13.9 Å². The van der Waals surface area contributed by atoms with Crippen LogP contribution in [0.15, 0.2) is 24.4 Å². The molecule has 0 saturated carbocycles. The summed E-state index contributed by atoms with van der Waals surface area (Å²) >= 11 is 0. The lowest BCUT2D eigenvalue weighted by molar-refractivity contribution is -0.116. The van der Waals surface area contributed by atoms with Crippen LogP contribution in [0.4, 0.5) is 10.2 Å². The Kier molecular flexibility index (Phi) is 2.93. The first-order valence-electron chi connectivity index (χ1n) is 6.25. The number of carbonyl (C=O) groups excluding carboxylic acids is 1. The first-order chi connectivity index (χ1) is 9.60. The molecule has 1 aliphatic heterocycles. The number of aryl methyl sites for hydroxylation is 1. The summed E-state index contributed by atoms with van der Waals surface area (Å²) in [7, 11) is 3.19. The van der Waals surface area contributed by atoms with Gasteiger partial charge in [-0.15, -0.1) is 0 Å². The number of hydrogen-bond donors (Lipinski definition) is 1. The first kappa shape index (κ1) is 12.7. The van der Waals surface area contributed by atoms with Crippen LogP contribution in [0, 0.1) is 5.82 Å². The van der Waals surface area contributed by atoms with Crippen molar-refractivity contribution in [2.45, 2.75) is 12.3 Å². The number of hydrogen-bond acceptors (Lipinski definition) is 3. The predicted octanol–water partition coefficient (Wildman–Crippen LogP) is 2.04. The number of rotatable bonds is 2. The van der Waals surface area contributed by atoms with Crippen LogP contribution >= 0.6 is 0 Å². The summed E-state index contributed by atoms with van der Waals surface area (Å²) in [6.07, 6.45) is 2.04. The Hall–Kier alpha value is -2.37. The fourth-order valence-electron chi connectivity index (χ4n) is 2.53. The van der Waals surface area contributed by atoms with Crippen molar-refractivity contribution in [1.29, 1.82) is 0 Å². The van der Waals surface area contributed by atoms with Gasteiger partial charge in [0.2, 0.25) is 5.91 Å². The minimum atomic E-state index is -0.414. The number of carbonyl (C=O) groups is 1. The number of nitrogens with one attached hydrogen (secondary N) is 1. The van der Waals surface area contributed by atoms with E-state index in [1.165, 1.54) is 13.2 Å². The zero-order valence-electron chi connectivity index (χ0n) is 11.2. The van der Waals surface area contributed by atoms with Gasteiger partial charge in [0.05, 0.1) is 13.3 Å². The summed E-state index contributed by atoms with van der Waals surface area (Å²) < 4.78 is 20.1. The summed E-state index contributed by atoms with van der Waals surface area (Å²) in [6.45, 7) is 0. The SMILES string of the molecule is COc1cc(C2CC(=O)Nc3c2cnn3C)ccc1F. The highest BCUT2D eigenvalue weighted by atomic mass is 19.1. The van der Waals surface area contributed by atoms with Crippen molar-refractivity contribution in [3.63, 3.8) is 0 Å². The Bertz CT molecular complexity index is 681. The number of aromatic nitrogens is 2. The van der Waals surface area contributed by atoms with E-state index >= 15 is 0 Å². The molecule has 0 spiro atoms. The van der Waals surface area contributed by atoms with Gasteiger partial charge >= 0.3 is 0 Å². The molecular formula is C14H14FN3O2. The summed E-state index contributed by atoms with van der Waals surface area (Å²) in [5.41, 5.74) is 1.77. The number of fused-ring (bicyclic) bond motifs is 1. The van der Waals surface area contributed by atoms with Gasteiger partial charge in [-0.05, 0) is 17.7 Å². The van der Waals surface area contributed by atoms with Crippen LogP contribution in [0.5, 0.6) is 5.75 Å². The van der Waals surface area contributed by atoms with Crippen LogP contribution in [-0.4, -0.2) is 22.8 Å². The molecule has 1 unspecified atom stereocenters. The number of benzene rings is 1. The van der Waals surface area contributed by atoms with Crippen LogP contribution in [0.25, 0.3) is 0 Å². The van der Waals surface area contributed by atoms with Gasteiger partial charge in [-0.25, -0.2) is 4.39 Å². The third-order valence-corrected chi connectivity index (χ3v) is 3.57. The minimum Gasteiger partial charge on any atom is -0.494 e. The van der Waals surface area contributed by atoms with Crippen molar-refractivity contribution >= 4 is 11.7 Å². The molecule has 1 aromatic heterocycles. The van der Waals surface area contributed by atoms with Crippen molar-refractivity contribution in [3.05, 3.63) is 41.3 Å². The molecule has 104 valence electrons. The maximum Gasteiger partial charge on any atom is 0.226 e. The van der Waals surface area contributed by atoms with E-state index in [1.807, 2.05) is 0 Å². The molecule has 0 radical (unpaired) electrons. The standard InChI is InChI=1S/C14H14FN3O2/c1-18-14-10(7-16-18)9(6-13(19)17-14)8-3-4-11(15)12(5-8)20-2/h3-5,7,9H,6H2,1-2H3,(H,17,19). The van der Waals surface area contributed by atoms with Crippen LogP contribution in [0.1, 0.15) is 23.5 Å². The Balaban J connectivity index is 2.08. The molecule has 2 aromatic rings. The fraction of sp³-hybridized carbons (Fsp3) is 0.286. The Morgan fingerprint density at radius 1 is 1.50 bits per heavy atom. The van der Waals surface area contributed by atoms with Gasteiger partial charge in [0.1, 0.15) is 5.82 Å². The van der Waals surface area contributed by atoms with Crippen molar-refractivity contribution in [3.8, 4) is 5.75 Å². The van der Waals surface area contributed by atoms with Gasteiger partial charge in [-0.1, -0.05) is 6.07 Å². The van der Waals surface area contributed by atoms with Crippen LogP contribution in [0.2, 0.25) is 0 Å². The van der Waals surface area contributed by atoms with Gasteiger partial charge in [0.25, 0.3) is 0 Å². The zero-order chi connectivity index (χ0) is 14.3. The van der Waals surface area contributed by atoms with Crippen LogP contribution < -0.4 is 10.1 Å². The quantitative estimate of drug-likeness (QED) is 0.912. The molecule has 1 atom stereocenters. The molecule has 2 heterocycles. The molecule has 0 aliphatic carbocycles. The van der Waals surface area contributed by atoms with E-state index < -0.39 is 5.82 Å². The van der Waals surface area contributed by atoms with E-state index in [2.05, 4.69) is 10.4 Å². The predicted molar refractivity (Wildman–Crippen MR) is 71.2 cm³/mol. The maximum absolute atomic E-state index is 13.5. The summed E-state index contributed by atoms with van der Waals surface area (Å²) in [6, 6.07) is 4.67. The molecule has 3 rings (SSSR count). The largest absolute Gasteiger partial charge is 0.494 e. The minimum absolute atomic E-state index is 0.0746. The normalized spacial score (nSPS) is 17.6. The monoisotopic (exact) mass is 275 g/mol. The highest BCUT2D eigenvalue weighted by Gasteiger charge is 2.29. The number of nitrogens with zero attached hydrogens (tertiary/aromatic N) is 2. The number of amides is 1. The van der Waals surface area contributed by atoms with Gasteiger partial charge in [0, 0.05) is 24.9 Å². The van der Waals surface area contributed by atoms with E-state index in [4.69, 9.17) is 4.74 Å². The van der Waals surface area contributed by atoms with Crippen molar-refractivity contribution in [1.82, 2.24) is 9.78 Å². The van der Waals surface area contributed by atoms with Gasteiger partial charge in [0.15, 0.2) is 11.6 Å². The topological polar surface area (TPSA) is 56.1 Å². The zero-order valence-corrected chi connectivity index (χ0v) is 11.2. The van der Waals surface area contributed by atoms with Gasteiger partial charge in [-0.3, -0.25) is 9.48 Å². The maximum atomic E-state index is 13.5. The van der Waals surface area contributed by atoms with E-state index in [9.17, 15) is 9.18 Å². The molecule has 6 heteroatoms. The molecule has 1 aromatic carbocycles. The highest BCUT2D eigenvalue weighted by molar-refractivity contribution is 5.94. The molecule has 5 nitrogen and oxygen atoms in total. The van der Waals surface area contributed by atoms with Gasteiger partial charge in [-0.2, -0.15) is 5.10 Å². The molecule has 0 saturated heterocycles. The Morgan fingerprint density at radius 2 is 2.30 bits per heavy atom. The van der Waals surface area contributed by atoms with E-state index in [-0.39, 0.29) is 17.6 Å². The van der Waals surface area contributed by atoms with Crippen molar-refractivity contribution in [2.24, 2.45) is 7.05 Å². The molecule has 20 heavy (non-hydrogen) atoms. The van der Waals surface area contributed by atoms with E-state index in [1.54, 1.807) is 30.1 Å². The van der Waals surface area contributed by atoms with Crippen LogP contribution in [0.3, 0.4) is 0 Å². The van der Waals surface area contributed by atoms with Crippen LogP contribution in [-0.2, 0) is 11.8 Å². The lowest BCUT2D eigenvalue weighted by Crippen LogP contribution is -2.24. The second kappa shape index (κ2) is 4.63. The Labute approximate surface area is 115 Å². The molecule has 1 N–H and O–H groups in total. The average molecular weight is 275 g/mol. The number of methoxy groups -OCH3 is 1. The molecule has 1 aliphatic rings. The summed E-state index contributed by atoms with van der Waals surface area (Å²) in [5, 5.41) is 6.97. The van der Waals surface area contributed by atoms with E-state index in [0.717, 1.165) is 11.1 Å². The lowest BCUT2D eigenvalue weighted by Gasteiger charge is -2.23. The van der Waals surface area contributed by atoms with E-state index in [0.29, 0.717) is 12.2 Å². The smallest absolute Gasteiger partial charge is 0.226 e.